The highest BCUT2D eigenvalue weighted by molar-refractivity contribution is 7.79. The van der Waals surface area contributed by atoms with Crippen molar-refractivity contribution in [1.29, 1.82) is 0 Å². The third kappa shape index (κ3) is 21.5. The molecule has 109 heavy (non-hydrogen) atoms. The first-order chi connectivity index (χ1) is 52.1. The molecule has 0 radical (unpaired) electrons. The van der Waals surface area contributed by atoms with Gasteiger partial charge in [0.15, 0.2) is 23.1 Å². The second-order valence-electron chi connectivity index (χ2n) is 26.9. The largest absolute Gasteiger partial charge is 0.394 e. The van der Waals surface area contributed by atoms with Crippen molar-refractivity contribution in [2.24, 2.45) is 5.92 Å². The van der Waals surface area contributed by atoms with Crippen LogP contribution in [0.2, 0.25) is 0 Å². The van der Waals surface area contributed by atoms with E-state index in [1.165, 1.54) is 108 Å². The zero-order chi connectivity index (χ0) is 77.6. The van der Waals surface area contributed by atoms with Gasteiger partial charge in [-0.25, -0.2) is 0 Å². The van der Waals surface area contributed by atoms with Gasteiger partial charge in [-0.15, -0.1) is 23.2 Å². The Labute approximate surface area is 651 Å². The molecule has 1 unspecified atom stereocenters. The number of fused-ring (bicyclic) bond motifs is 16. The summed E-state index contributed by atoms with van der Waals surface area (Å²) in [5.74, 6) is 1.92. The second kappa shape index (κ2) is 41.4. The quantitative estimate of drug-likeness (QED) is 0.0190. The summed E-state index contributed by atoms with van der Waals surface area (Å²) in [7, 11) is -1.32. The minimum absolute atomic E-state index is 0. The van der Waals surface area contributed by atoms with E-state index in [9.17, 15) is 33.7 Å². The van der Waals surface area contributed by atoms with Crippen molar-refractivity contribution in [1.82, 2.24) is 28.5 Å². The van der Waals surface area contributed by atoms with Gasteiger partial charge in [0.1, 0.15) is 0 Å². The normalized spacial score (nSPS) is 12.5. The van der Waals surface area contributed by atoms with E-state index in [1.54, 1.807) is 18.2 Å². The van der Waals surface area contributed by atoms with Gasteiger partial charge in [-0.2, -0.15) is 8.42 Å². The number of non-ortho nitro benzene ring substituents is 1. The summed E-state index contributed by atoms with van der Waals surface area (Å²) in [4.78, 5) is 67.2. The van der Waals surface area contributed by atoms with Crippen LogP contribution in [0.5, 0.6) is 0 Å². The number of hydrogen-bond acceptors (Lipinski definition) is 10. The van der Waals surface area contributed by atoms with Gasteiger partial charge in [-0.1, -0.05) is 140 Å². The van der Waals surface area contributed by atoms with Crippen molar-refractivity contribution >= 4 is 150 Å². The van der Waals surface area contributed by atoms with Crippen molar-refractivity contribution in [2.45, 2.75) is 133 Å². The molecule has 21 heteroatoms. The third-order valence-corrected chi connectivity index (χ3v) is 20.5. The summed E-state index contributed by atoms with van der Waals surface area (Å²) >= 11 is 11.5. The number of ketones is 4. The molecule has 13 aromatic rings. The molecule has 2 aliphatic carbocycles. The van der Waals surface area contributed by atoms with Crippen LogP contribution in [0.25, 0.3) is 87.2 Å². The number of benzene rings is 9. The van der Waals surface area contributed by atoms with E-state index in [1.807, 2.05) is 48.5 Å². The van der Waals surface area contributed by atoms with Crippen LogP contribution in [-0.2, 0) is 42.9 Å². The first-order valence-electron chi connectivity index (χ1n) is 37.2. The van der Waals surface area contributed by atoms with Gasteiger partial charge >= 0.3 is 10.4 Å². The molecule has 0 aliphatic heterocycles. The van der Waals surface area contributed by atoms with Crippen molar-refractivity contribution < 1.29 is 47.4 Å². The molecule has 2 aliphatic rings. The smallest absolute Gasteiger partial charge is 0.355 e. The van der Waals surface area contributed by atoms with Crippen LogP contribution in [0.1, 0.15) is 154 Å². The molecule has 578 valence electrons. The average molecular weight is 1540 g/mol. The Morgan fingerprint density at radius 1 is 0.550 bits per heavy atom. The zero-order valence-electron chi connectivity index (χ0n) is 62.7. The van der Waals surface area contributed by atoms with Crippen LogP contribution in [-0.4, -0.2) is 133 Å². The molecule has 17 nitrogen and oxygen atoms in total. The monoisotopic (exact) mass is 1540 g/mol. The lowest BCUT2D eigenvalue weighted by molar-refractivity contribution is -0.384. The number of H-pyrrole nitrogens is 1. The molecule has 0 amide bonds. The fraction of sp³-hybridized carbons (Fsp3) is 0.341. The number of nitrogens with one attached hydrogen (secondary N) is 1. The number of para-hydroxylation sites is 5. The number of alkyl halides is 3. The molecule has 4 heterocycles. The van der Waals surface area contributed by atoms with E-state index >= 15 is 0 Å². The number of nitro benzene ring substituents is 1. The molecular weight excluding hydrogens is 1440 g/mol. The van der Waals surface area contributed by atoms with Crippen molar-refractivity contribution in [3.63, 3.8) is 0 Å². The Hall–Kier alpha value is -9.44. The van der Waals surface area contributed by atoms with Gasteiger partial charge in [-0.3, -0.25) is 42.8 Å². The Kier molecular flexibility index (Phi) is 32.3. The Morgan fingerprint density at radius 2 is 0.908 bits per heavy atom. The van der Waals surface area contributed by atoms with Crippen LogP contribution in [0, 0.1) is 16.0 Å². The number of carbonyl (C=O) groups excluding carboxylic acids is 4. The van der Waals surface area contributed by atoms with Gasteiger partial charge in [0.25, 0.3) is 5.69 Å². The molecular formula is C88H104Cl2FN7O10S. The predicted octanol–water partition coefficient (Wildman–Crippen LogP) is 21.9. The van der Waals surface area contributed by atoms with E-state index in [0.29, 0.717) is 54.5 Å². The molecule has 1 atom stereocenters. The molecule has 4 aromatic heterocycles. The summed E-state index contributed by atoms with van der Waals surface area (Å²) in [5.41, 5.74) is 15.4. The number of hydrogen-bond donors (Lipinski definition) is 3. The summed E-state index contributed by atoms with van der Waals surface area (Å²) in [6.07, 6.45) is 9.21. The number of aromatic amines is 1. The highest BCUT2D eigenvalue weighted by Gasteiger charge is 2.30. The van der Waals surface area contributed by atoms with Gasteiger partial charge < -0.3 is 28.5 Å². The second-order valence-corrected chi connectivity index (χ2v) is 28.6. The van der Waals surface area contributed by atoms with E-state index in [4.69, 9.17) is 42.1 Å². The standard InChI is InChI=1S/C25H29Cl2NO2.C24H26N2O2.C18H22N2.C12H9N.C6H5NO2.CH3F.2CH4.H2O4S/c1-3-17(2)5-4-14-28-22-8-6-18(24(29)10-12-26)15-20(22)21-16-19(7-9-23(21)28)25(30)11-13-27;1-3-25(2)13-4-14-26-19-9-5-15-17(7-11-21(15)27)23(19)24-18-8-12-22(28)16(18)6-10-20(24)26;1-3-19(2)13-8-14-20-17-11-6-4-9-15(17)16-10-5-7-12-18(16)20;1-3-7-11-9(5-1)10-6-2-4-8-12(10)13-11;8-7(9)6-4-2-1-3-5-6;1-2;;;1-5(2,3)4/h6-9,15-17H,3-5,10-14H2,1-2H3;5-6,9-10H,3-4,7-8,11-14H2,1-2H3;4-7,9-12H,3,8,13-14H2,1-2H3;1-8,13H;1-5H;1H3;2*1H4;(H2,1,2,3,4)/i;;;;;1D;;;. The van der Waals surface area contributed by atoms with Crippen LogP contribution in [0.15, 0.2) is 188 Å². The maximum absolute atomic E-state index is 12.4. The Bertz CT molecular complexity index is 5140. The van der Waals surface area contributed by atoms with Crippen molar-refractivity contribution in [3.8, 4) is 0 Å². The Balaban J connectivity index is 0.000000194. The number of halogens is 3. The highest BCUT2D eigenvalue weighted by atomic mass is 35.5. The number of carbonyl (C=O) groups is 4. The van der Waals surface area contributed by atoms with E-state index in [2.05, 4.69) is 179 Å². The lowest BCUT2D eigenvalue weighted by atomic mass is 9.98. The number of aryl methyl sites for hydroxylation is 5. The number of aromatic nitrogens is 4. The van der Waals surface area contributed by atoms with Crippen LogP contribution in [0.3, 0.4) is 0 Å². The summed E-state index contributed by atoms with van der Waals surface area (Å²) in [6.45, 7) is 16.2. The van der Waals surface area contributed by atoms with E-state index in [-0.39, 0.29) is 43.7 Å². The van der Waals surface area contributed by atoms with Gasteiger partial charge in [0.05, 0.1) is 13.4 Å². The SMILES string of the molecule is C.C.CCC(C)CCCn1c2ccc(C(=O)CCCl)cc2c2cc(C(=O)CCCl)ccc21.CCN(C)CCCn1c2ccc3c(c2c2c4c(ccc21)C(=O)CC4)CCC3=O.CCN(C)CCCn1c2ccccc2c2ccccc21.O=S(=O)(O)O.O=[N+]([O-])c1ccccc1.[2H]CF.c1ccc2c(c1)[nH]c1ccccc12. The zero-order valence-corrected chi connectivity index (χ0v) is 64.0. The fourth-order valence-corrected chi connectivity index (χ4v) is 14.6. The Morgan fingerprint density at radius 3 is 1.29 bits per heavy atom. The van der Waals surface area contributed by atoms with Gasteiger partial charge in [0, 0.05) is 179 Å². The molecule has 0 fully saturated rings. The minimum Gasteiger partial charge on any atom is -0.355 e. The molecule has 9 aromatic carbocycles. The summed E-state index contributed by atoms with van der Waals surface area (Å²) in [5, 5.41) is 19.8. The van der Waals surface area contributed by atoms with Crippen LogP contribution >= 0.6 is 23.2 Å². The fourth-order valence-electron chi connectivity index (χ4n) is 14.3. The molecule has 3 N–H and O–H groups in total. The lowest BCUT2D eigenvalue weighted by Gasteiger charge is -2.15. The van der Waals surface area contributed by atoms with Crippen LogP contribution < -0.4 is 0 Å². The topological polar surface area (TPSA) is 223 Å². The minimum atomic E-state index is -4.67. The average Bonchev–Trinajstić information content (AvgIpc) is 1.59. The number of nitrogens with zero attached hydrogens (tertiary/aromatic N) is 6. The first kappa shape index (κ1) is 85.2. The molecule has 0 saturated carbocycles. The highest BCUT2D eigenvalue weighted by Crippen LogP contribution is 2.42. The van der Waals surface area contributed by atoms with Gasteiger partial charge in [-0.05, 0) is 181 Å². The number of rotatable bonds is 22. The van der Waals surface area contributed by atoms with E-state index in [0.717, 1.165) is 104 Å². The predicted molar refractivity (Wildman–Crippen MR) is 451 cm³/mol. The van der Waals surface area contributed by atoms with E-state index < -0.39 is 22.5 Å². The maximum atomic E-state index is 12.4. The van der Waals surface area contributed by atoms with Crippen molar-refractivity contribution in [3.05, 3.63) is 232 Å². The third-order valence-electron chi connectivity index (χ3n) is 20.1. The molecule has 0 saturated heterocycles. The molecule has 15 rings (SSSR count). The lowest BCUT2D eigenvalue weighted by Crippen LogP contribution is -2.20. The summed E-state index contributed by atoms with van der Waals surface area (Å²) in [6, 6.07) is 62.2. The molecule has 0 bridgehead atoms. The summed E-state index contributed by atoms with van der Waals surface area (Å²) < 4.78 is 54.3. The first-order valence-corrected chi connectivity index (χ1v) is 39.0. The van der Waals surface area contributed by atoms with Crippen molar-refractivity contribution in [2.75, 3.05) is 59.2 Å². The maximum Gasteiger partial charge on any atom is 0.394 e. The van der Waals surface area contributed by atoms with Crippen LogP contribution in [0.4, 0.5) is 10.1 Å². The molecule has 0 spiro atoms. The number of nitro groups is 1. The number of Topliss-reactive ketones (excluding diaryl/α,β-unsaturated/α-hetero) is 4. The van der Waals surface area contributed by atoms with Gasteiger partial charge in [0.2, 0.25) is 0 Å².